The molecule has 0 radical (unpaired) electrons. The maximum atomic E-state index is 12.8. The Bertz CT molecular complexity index is 1290. The number of rotatable bonds is 6. The Morgan fingerprint density at radius 3 is 2.55 bits per heavy atom. The van der Waals surface area contributed by atoms with Crippen molar-refractivity contribution in [1.82, 2.24) is 9.97 Å². The van der Waals surface area contributed by atoms with Crippen LogP contribution in [0.25, 0.3) is 21.6 Å². The summed E-state index contributed by atoms with van der Waals surface area (Å²) in [6.45, 7) is 2.92. The monoisotopic (exact) mass is 432 g/mol. The molecule has 0 bridgehead atoms. The highest BCUT2D eigenvalue weighted by Gasteiger charge is 2.20. The molecule has 1 aliphatic carbocycles. The smallest absolute Gasteiger partial charge is 0.260 e. The van der Waals surface area contributed by atoms with Crippen LogP contribution in [0.4, 0.5) is 0 Å². The lowest BCUT2D eigenvalue weighted by molar-refractivity contribution is 0.217. The fourth-order valence-electron chi connectivity index (χ4n) is 4.06. The van der Waals surface area contributed by atoms with E-state index in [2.05, 4.69) is 4.98 Å². The average Bonchev–Trinajstić information content (AvgIpc) is 3.16. The Morgan fingerprint density at radius 2 is 1.74 bits per heavy atom. The maximum absolute atomic E-state index is 12.8. The van der Waals surface area contributed by atoms with Crippen molar-refractivity contribution in [2.75, 3.05) is 13.2 Å². The Kier molecular flexibility index (Phi) is 5.47. The van der Waals surface area contributed by atoms with Gasteiger partial charge in [0.2, 0.25) is 0 Å². The Balaban J connectivity index is 1.31. The van der Waals surface area contributed by atoms with Gasteiger partial charge < -0.3 is 14.5 Å². The number of H-pyrrole nitrogens is 1. The van der Waals surface area contributed by atoms with Gasteiger partial charge in [0, 0.05) is 10.4 Å². The van der Waals surface area contributed by atoms with Crippen LogP contribution in [0.15, 0.2) is 53.3 Å². The molecule has 5 rings (SSSR count). The van der Waals surface area contributed by atoms with Crippen LogP contribution in [0, 0.1) is 6.92 Å². The molecule has 0 spiro atoms. The number of hydrogen-bond acceptors (Lipinski definition) is 5. The molecule has 0 atom stereocenters. The first kappa shape index (κ1) is 19.8. The lowest BCUT2D eigenvalue weighted by atomic mass is 9.97. The van der Waals surface area contributed by atoms with E-state index in [0.29, 0.717) is 19.0 Å². The standard InChI is InChI=1S/C25H24N2O3S/c1-16-6-4-8-18(14-16)29-12-13-30-19-9-5-7-17(15-19)23-26-24(28)22-20-10-2-3-11-21(20)31-25(22)27-23/h4-9,14-15H,2-3,10-13H2,1H3,(H,26,27,28). The zero-order chi connectivity index (χ0) is 21.2. The number of aromatic amines is 1. The second-order valence-corrected chi connectivity index (χ2v) is 8.93. The molecule has 4 aromatic rings. The molecule has 0 amide bonds. The minimum absolute atomic E-state index is 0.0442. The van der Waals surface area contributed by atoms with Crippen LogP contribution < -0.4 is 15.0 Å². The fourth-order valence-corrected chi connectivity index (χ4v) is 5.32. The van der Waals surface area contributed by atoms with E-state index in [0.717, 1.165) is 52.1 Å². The van der Waals surface area contributed by atoms with E-state index >= 15 is 0 Å². The molecule has 2 aromatic heterocycles. The van der Waals surface area contributed by atoms with E-state index in [-0.39, 0.29) is 5.56 Å². The number of fused-ring (bicyclic) bond motifs is 3. The van der Waals surface area contributed by atoms with Gasteiger partial charge in [-0.15, -0.1) is 11.3 Å². The summed E-state index contributed by atoms with van der Waals surface area (Å²) in [6, 6.07) is 15.6. The Labute approximate surface area is 184 Å². The lowest BCUT2D eigenvalue weighted by Crippen LogP contribution is -2.11. The summed E-state index contributed by atoms with van der Waals surface area (Å²) in [5.41, 5.74) is 3.16. The molecular weight excluding hydrogens is 408 g/mol. The van der Waals surface area contributed by atoms with Gasteiger partial charge in [0.25, 0.3) is 5.56 Å². The molecule has 2 heterocycles. The SMILES string of the molecule is Cc1cccc(OCCOc2cccc(-c3nc4sc5c(c4c(=O)[nH]3)CCCC5)c2)c1. The first-order chi connectivity index (χ1) is 15.2. The van der Waals surface area contributed by atoms with Crippen molar-refractivity contribution in [3.8, 4) is 22.9 Å². The molecule has 0 saturated carbocycles. The first-order valence-electron chi connectivity index (χ1n) is 10.6. The molecule has 0 fully saturated rings. The van der Waals surface area contributed by atoms with E-state index in [9.17, 15) is 4.79 Å². The van der Waals surface area contributed by atoms with Gasteiger partial charge in [-0.1, -0.05) is 24.3 Å². The van der Waals surface area contributed by atoms with Crippen LogP contribution in [-0.4, -0.2) is 23.2 Å². The highest BCUT2D eigenvalue weighted by atomic mass is 32.1. The van der Waals surface area contributed by atoms with Gasteiger partial charge >= 0.3 is 0 Å². The van der Waals surface area contributed by atoms with E-state index < -0.39 is 0 Å². The number of thiophene rings is 1. The number of nitrogens with one attached hydrogen (secondary N) is 1. The molecule has 0 saturated heterocycles. The molecule has 0 unspecified atom stereocenters. The van der Waals surface area contributed by atoms with Crippen LogP contribution in [0.2, 0.25) is 0 Å². The third kappa shape index (κ3) is 4.21. The van der Waals surface area contributed by atoms with Crippen molar-refractivity contribution in [1.29, 1.82) is 0 Å². The zero-order valence-electron chi connectivity index (χ0n) is 17.4. The minimum atomic E-state index is -0.0442. The van der Waals surface area contributed by atoms with E-state index in [1.165, 1.54) is 16.9 Å². The Morgan fingerprint density at radius 1 is 1.00 bits per heavy atom. The van der Waals surface area contributed by atoms with Crippen LogP contribution >= 0.6 is 11.3 Å². The summed E-state index contributed by atoms with van der Waals surface area (Å²) in [5, 5.41) is 0.782. The van der Waals surface area contributed by atoms with Gasteiger partial charge in [0.05, 0.1) is 5.39 Å². The summed E-state index contributed by atoms with van der Waals surface area (Å²) < 4.78 is 11.6. The normalized spacial score (nSPS) is 13.2. The van der Waals surface area contributed by atoms with Crippen LogP contribution in [-0.2, 0) is 12.8 Å². The molecule has 5 nitrogen and oxygen atoms in total. The molecule has 1 aliphatic rings. The number of nitrogens with zero attached hydrogens (tertiary/aromatic N) is 1. The summed E-state index contributed by atoms with van der Waals surface area (Å²) in [4.78, 5) is 22.7. The molecule has 1 N–H and O–H groups in total. The number of hydrogen-bond donors (Lipinski definition) is 1. The molecule has 158 valence electrons. The van der Waals surface area contributed by atoms with Crippen molar-refractivity contribution in [3.05, 3.63) is 74.9 Å². The van der Waals surface area contributed by atoms with Gasteiger partial charge in [-0.3, -0.25) is 4.79 Å². The summed E-state index contributed by atoms with van der Waals surface area (Å²) in [7, 11) is 0. The number of benzene rings is 2. The van der Waals surface area contributed by atoms with Gasteiger partial charge in [-0.2, -0.15) is 0 Å². The zero-order valence-corrected chi connectivity index (χ0v) is 18.3. The highest BCUT2D eigenvalue weighted by molar-refractivity contribution is 7.18. The Hall–Kier alpha value is -3.12. The lowest BCUT2D eigenvalue weighted by Gasteiger charge is -2.10. The van der Waals surface area contributed by atoms with Crippen molar-refractivity contribution in [3.63, 3.8) is 0 Å². The highest BCUT2D eigenvalue weighted by Crippen LogP contribution is 2.34. The largest absolute Gasteiger partial charge is 0.490 e. The number of aryl methyl sites for hydroxylation is 3. The van der Waals surface area contributed by atoms with Crippen LogP contribution in [0.1, 0.15) is 28.8 Å². The second kappa shape index (κ2) is 8.55. The van der Waals surface area contributed by atoms with Crippen molar-refractivity contribution in [2.24, 2.45) is 0 Å². The van der Waals surface area contributed by atoms with Crippen LogP contribution in [0.3, 0.4) is 0 Å². The van der Waals surface area contributed by atoms with Gasteiger partial charge in [0.15, 0.2) is 0 Å². The first-order valence-corrected chi connectivity index (χ1v) is 11.5. The van der Waals surface area contributed by atoms with Crippen molar-refractivity contribution < 1.29 is 9.47 Å². The third-order valence-electron chi connectivity index (χ3n) is 5.54. The van der Waals surface area contributed by atoms with Crippen molar-refractivity contribution >= 4 is 21.6 Å². The van der Waals surface area contributed by atoms with Crippen molar-refractivity contribution in [2.45, 2.75) is 32.6 Å². The number of ether oxygens (including phenoxy) is 2. The van der Waals surface area contributed by atoms with Gasteiger partial charge in [0.1, 0.15) is 35.4 Å². The molecule has 2 aromatic carbocycles. The topological polar surface area (TPSA) is 64.2 Å². The maximum Gasteiger partial charge on any atom is 0.260 e. The quantitative estimate of drug-likeness (QED) is 0.420. The molecule has 31 heavy (non-hydrogen) atoms. The number of aromatic nitrogens is 2. The summed E-state index contributed by atoms with van der Waals surface area (Å²) in [6.07, 6.45) is 4.37. The average molecular weight is 433 g/mol. The van der Waals surface area contributed by atoms with E-state index in [1.807, 2.05) is 55.5 Å². The van der Waals surface area contributed by atoms with Gasteiger partial charge in [-0.05, 0) is 68.0 Å². The summed E-state index contributed by atoms with van der Waals surface area (Å²) >= 11 is 1.66. The van der Waals surface area contributed by atoms with Crippen LogP contribution in [0.5, 0.6) is 11.5 Å². The van der Waals surface area contributed by atoms with E-state index in [1.54, 1.807) is 11.3 Å². The predicted molar refractivity (Wildman–Crippen MR) is 124 cm³/mol. The second-order valence-electron chi connectivity index (χ2n) is 7.85. The minimum Gasteiger partial charge on any atom is -0.490 e. The summed E-state index contributed by atoms with van der Waals surface area (Å²) in [5.74, 6) is 2.14. The molecule has 0 aliphatic heterocycles. The third-order valence-corrected chi connectivity index (χ3v) is 6.73. The van der Waals surface area contributed by atoms with Gasteiger partial charge in [-0.25, -0.2) is 4.98 Å². The van der Waals surface area contributed by atoms with E-state index in [4.69, 9.17) is 14.5 Å². The fraction of sp³-hybridized carbons (Fsp3) is 0.280. The predicted octanol–water partition coefficient (Wildman–Crippen LogP) is 5.30. The molecule has 6 heteroatoms. The molecular formula is C25H24N2O3S.